The van der Waals surface area contributed by atoms with Gasteiger partial charge in [-0.3, -0.25) is 0 Å². The molecule has 6 heteroatoms. The first kappa shape index (κ1) is 13.8. The average Bonchev–Trinajstić information content (AvgIpc) is 2.96. The molecule has 106 valence electrons. The lowest BCUT2D eigenvalue weighted by Gasteiger charge is -2.06. The highest BCUT2D eigenvalue weighted by Gasteiger charge is 2.10. The van der Waals surface area contributed by atoms with Crippen molar-refractivity contribution in [1.29, 1.82) is 0 Å². The number of para-hydroxylation sites is 1. The van der Waals surface area contributed by atoms with Crippen LogP contribution in [0.25, 0.3) is 5.69 Å². The highest BCUT2D eigenvalue weighted by Crippen LogP contribution is 2.28. The van der Waals surface area contributed by atoms with Crippen LogP contribution in [0.2, 0.25) is 0 Å². The van der Waals surface area contributed by atoms with E-state index in [9.17, 15) is 5.11 Å². The predicted octanol–water partition coefficient (Wildman–Crippen LogP) is 2.61. The normalized spacial score (nSPS) is 10.8. The maximum absolute atomic E-state index is 9.22. The minimum Gasteiger partial charge on any atom is -0.392 e. The minimum atomic E-state index is 0.0541. The number of hydrogen-bond acceptors (Lipinski definition) is 5. The molecule has 1 heterocycles. The zero-order valence-electron chi connectivity index (χ0n) is 11.5. The number of nitrogens with zero attached hydrogens (tertiary/aromatic N) is 4. The van der Waals surface area contributed by atoms with Crippen LogP contribution in [-0.4, -0.2) is 25.3 Å². The van der Waals surface area contributed by atoms with Gasteiger partial charge in [-0.25, -0.2) is 0 Å². The van der Waals surface area contributed by atoms with Gasteiger partial charge in [0.2, 0.25) is 5.16 Å². The van der Waals surface area contributed by atoms with E-state index < -0.39 is 0 Å². The third-order valence-electron chi connectivity index (χ3n) is 3.14. The summed E-state index contributed by atoms with van der Waals surface area (Å²) in [5.41, 5.74) is 2.91. The first-order valence-electron chi connectivity index (χ1n) is 6.50. The van der Waals surface area contributed by atoms with Gasteiger partial charge in [-0.2, -0.15) is 4.68 Å². The van der Waals surface area contributed by atoms with Gasteiger partial charge in [-0.1, -0.05) is 24.3 Å². The third-order valence-corrected chi connectivity index (χ3v) is 4.06. The van der Waals surface area contributed by atoms with Crippen molar-refractivity contribution in [2.24, 2.45) is 0 Å². The van der Waals surface area contributed by atoms with Gasteiger partial charge in [0, 0.05) is 4.90 Å². The smallest absolute Gasteiger partial charge is 0.218 e. The first-order valence-corrected chi connectivity index (χ1v) is 7.31. The third kappa shape index (κ3) is 2.96. The molecule has 0 aliphatic heterocycles. The van der Waals surface area contributed by atoms with E-state index in [1.54, 1.807) is 4.68 Å². The number of benzene rings is 2. The van der Waals surface area contributed by atoms with Crippen molar-refractivity contribution in [2.75, 3.05) is 0 Å². The summed E-state index contributed by atoms with van der Waals surface area (Å²) in [4.78, 5) is 1.04. The van der Waals surface area contributed by atoms with Gasteiger partial charge in [0.05, 0.1) is 12.3 Å². The monoisotopic (exact) mass is 298 g/mol. The maximum atomic E-state index is 9.22. The second kappa shape index (κ2) is 6.07. The Kier molecular flexibility index (Phi) is 3.98. The Morgan fingerprint density at radius 1 is 1.14 bits per heavy atom. The molecular formula is C15H14N4OS. The summed E-state index contributed by atoms with van der Waals surface area (Å²) in [5.74, 6) is 0. The molecule has 0 spiro atoms. The van der Waals surface area contributed by atoms with Gasteiger partial charge in [-0.15, -0.1) is 5.10 Å². The largest absolute Gasteiger partial charge is 0.392 e. The molecule has 3 aromatic rings. The summed E-state index contributed by atoms with van der Waals surface area (Å²) in [6.07, 6.45) is 0. The number of rotatable bonds is 4. The summed E-state index contributed by atoms with van der Waals surface area (Å²) < 4.78 is 1.71. The molecule has 21 heavy (non-hydrogen) atoms. The molecule has 0 aliphatic rings. The standard InChI is InChI=1S/C15H14N4OS/c1-11-9-14(8-7-12(11)10-20)21-15-16-17-18-19(15)13-5-3-2-4-6-13/h2-9,20H,10H2,1H3. The molecule has 0 bridgehead atoms. The molecule has 0 fully saturated rings. The number of tetrazole rings is 1. The van der Waals surface area contributed by atoms with Crippen LogP contribution in [0, 0.1) is 6.92 Å². The summed E-state index contributed by atoms with van der Waals surface area (Å²) in [7, 11) is 0. The van der Waals surface area contributed by atoms with E-state index in [-0.39, 0.29) is 6.61 Å². The molecule has 0 aliphatic carbocycles. The van der Waals surface area contributed by atoms with Crippen LogP contribution >= 0.6 is 11.8 Å². The minimum absolute atomic E-state index is 0.0541. The molecular weight excluding hydrogens is 284 g/mol. The Morgan fingerprint density at radius 2 is 1.95 bits per heavy atom. The van der Waals surface area contributed by atoms with Crippen LogP contribution in [0.1, 0.15) is 11.1 Å². The summed E-state index contributed by atoms with van der Waals surface area (Å²) in [6.45, 7) is 2.04. The molecule has 0 saturated carbocycles. The zero-order valence-corrected chi connectivity index (χ0v) is 12.3. The van der Waals surface area contributed by atoms with Crippen molar-refractivity contribution in [2.45, 2.75) is 23.6 Å². The summed E-state index contributed by atoms with van der Waals surface area (Å²) in [6, 6.07) is 15.7. The average molecular weight is 298 g/mol. The Balaban J connectivity index is 1.90. The molecule has 3 rings (SSSR count). The first-order chi connectivity index (χ1) is 10.3. The zero-order chi connectivity index (χ0) is 14.7. The van der Waals surface area contributed by atoms with Crippen LogP contribution in [-0.2, 0) is 6.61 Å². The van der Waals surface area contributed by atoms with E-state index in [2.05, 4.69) is 15.5 Å². The van der Waals surface area contributed by atoms with E-state index in [0.29, 0.717) is 5.16 Å². The lowest BCUT2D eigenvalue weighted by Crippen LogP contribution is -1.98. The molecule has 0 saturated heterocycles. The van der Waals surface area contributed by atoms with Crippen molar-refractivity contribution in [3.63, 3.8) is 0 Å². The van der Waals surface area contributed by atoms with Crippen molar-refractivity contribution >= 4 is 11.8 Å². The van der Waals surface area contributed by atoms with E-state index in [1.807, 2.05) is 55.5 Å². The molecule has 2 aromatic carbocycles. The molecule has 5 nitrogen and oxygen atoms in total. The van der Waals surface area contributed by atoms with Crippen molar-refractivity contribution in [3.8, 4) is 5.69 Å². The fourth-order valence-electron chi connectivity index (χ4n) is 1.99. The van der Waals surface area contributed by atoms with Crippen molar-refractivity contribution in [1.82, 2.24) is 20.2 Å². The summed E-state index contributed by atoms with van der Waals surface area (Å²) >= 11 is 1.49. The number of hydrogen-bond donors (Lipinski definition) is 1. The molecule has 0 radical (unpaired) electrons. The number of aryl methyl sites for hydroxylation is 1. The molecule has 0 unspecified atom stereocenters. The van der Waals surface area contributed by atoms with Crippen LogP contribution in [0.15, 0.2) is 58.6 Å². The van der Waals surface area contributed by atoms with Crippen LogP contribution < -0.4 is 0 Å². The fourth-order valence-corrected chi connectivity index (χ4v) is 2.88. The number of aliphatic hydroxyl groups excluding tert-OH is 1. The van der Waals surface area contributed by atoms with Crippen molar-refractivity contribution in [3.05, 3.63) is 59.7 Å². The predicted molar refractivity (Wildman–Crippen MR) is 80.4 cm³/mol. The van der Waals surface area contributed by atoms with E-state index in [1.165, 1.54) is 11.8 Å². The number of aromatic nitrogens is 4. The molecule has 1 aromatic heterocycles. The maximum Gasteiger partial charge on any atom is 0.218 e. The molecule has 0 amide bonds. The van der Waals surface area contributed by atoms with Gasteiger partial charge < -0.3 is 5.11 Å². The highest BCUT2D eigenvalue weighted by atomic mass is 32.2. The second-order valence-corrected chi connectivity index (χ2v) is 5.60. The van der Waals surface area contributed by atoms with Gasteiger partial charge >= 0.3 is 0 Å². The second-order valence-electron chi connectivity index (χ2n) is 4.56. The highest BCUT2D eigenvalue weighted by molar-refractivity contribution is 7.99. The van der Waals surface area contributed by atoms with Gasteiger partial charge in [0.15, 0.2) is 0 Å². The van der Waals surface area contributed by atoms with Crippen LogP contribution in [0.5, 0.6) is 0 Å². The Labute approximate surface area is 126 Å². The van der Waals surface area contributed by atoms with Gasteiger partial charge in [-0.05, 0) is 64.5 Å². The summed E-state index contributed by atoms with van der Waals surface area (Å²) in [5, 5.41) is 21.8. The fraction of sp³-hybridized carbons (Fsp3) is 0.133. The van der Waals surface area contributed by atoms with E-state index >= 15 is 0 Å². The number of aliphatic hydroxyl groups is 1. The lowest BCUT2D eigenvalue weighted by atomic mass is 10.1. The quantitative estimate of drug-likeness (QED) is 0.802. The Hall–Kier alpha value is -2.18. The van der Waals surface area contributed by atoms with E-state index in [0.717, 1.165) is 21.7 Å². The van der Waals surface area contributed by atoms with Gasteiger partial charge in [0.25, 0.3) is 0 Å². The topological polar surface area (TPSA) is 63.8 Å². The van der Waals surface area contributed by atoms with Crippen LogP contribution in [0.4, 0.5) is 0 Å². The van der Waals surface area contributed by atoms with E-state index in [4.69, 9.17) is 0 Å². The SMILES string of the molecule is Cc1cc(Sc2nnnn2-c2ccccc2)ccc1CO. The van der Waals surface area contributed by atoms with Crippen LogP contribution in [0.3, 0.4) is 0 Å². The molecule has 1 N–H and O–H groups in total. The lowest BCUT2D eigenvalue weighted by molar-refractivity contribution is 0.281. The Morgan fingerprint density at radius 3 is 2.67 bits per heavy atom. The molecule has 0 atom stereocenters. The Bertz CT molecular complexity index is 742. The van der Waals surface area contributed by atoms with Crippen molar-refractivity contribution < 1.29 is 5.11 Å². The van der Waals surface area contributed by atoms with Gasteiger partial charge in [0.1, 0.15) is 0 Å².